The second-order valence-corrected chi connectivity index (χ2v) is 9.77. The molecule has 2 aromatic heterocycles. The summed E-state index contributed by atoms with van der Waals surface area (Å²) in [6.45, 7) is 2.40. The number of allylic oxidation sites excluding steroid dienone is 4. The van der Waals surface area contributed by atoms with Gasteiger partial charge in [0.05, 0.1) is 28.9 Å². The van der Waals surface area contributed by atoms with Crippen LogP contribution < -0.4 is 16.6 Å². The first-order valence-corrected chi connectivity index (χ1v) is 12.1. The second kappa shape index (κ2) is 10.4. The molecule has 1 aliphatic carbocycles. The molecule has 1 N–H and O–H groups in total. The summed E-state index contributed by atoms with van der Waals surface area (Å²) in [5.41, 5.74) is 1.83. The fraction of sp³-hybridized carbons (Fsp3) is 0.333. The fourth-order valence-corrected chi connectivity index (χ4v) is 4.84. The third-order valence-electron chi connectivity index (χ3n) is 5.58. The minimum absolute atomic E-state index is 0.129. The van der Waals surface area contributed by atoms with Gasteiger partial charge in [0.1, 0.15) is 5.82 Å². The van der Waals surface area contributed by atoms with E-state index >= 15 is 0 Å². The number of fused-ring (bicyclic) bond motifs is 1. The van der Waals surface area contributed by atoms with Crippen LogP contribution in [0.2, 0.25) is 0 Å². The standard InChI is InChI=1S/C24H25ClN4O4S/c1-15-26-19-10-9-18(12-20(19)34-15)27-21-13-22(30)28(11-3-4-23(31)33-2)24(32)29(21)14-16-5-7-17(25)8-6-16/h5,7,9-10,12-13,27H,3-4,6,8,11,14H2,1-2H3. The Bertz CT molecular complexity index is 1420. The van der Waals surface area contributed by atoms with Crippen LogP contribution in [0.4, 0.5) is 11.5 Å². The van der Waals surface area contributed by atoms with Gasteiger partial charge in [0, 0.05) is 29.8 Å². The molecule has 0 spiro atoms. The highest BCUT2D eigenvalue weighted by Crippen LogP contribution is 2.27. The SMILES string of the molecule is COC(=O)CCCn1c(=O)cc(Nc2ccc3nc(C)sc3c2)n(CC2=CC=C(Cl)CC2)c1=O. The highest BCUT2D eigenvalue weighted by Gasteiger charge is 2.15. The number of rotatable bonds is 8. The number of aryl methyl sites for hydroxylation is 1. The van der Waals surface area contributed by atoms with Gasteiger partial charge in [-0.3, -0.25) is 18.7 Å². The normalized spacial score (nSPS) is 13.5. The molecule has 0 saturated carbocycles. The first-order chi connectivity index (χ1) is 16.3. The van der Waals surface area contributed by atoms with Gasteiger partial charge in [-0.1, -0.05) is 17.7 Å². The van der Waals surface area contributed by atoms with E-state index < -0.39 is 11.2 Å². The van der Waals surface area contributed by atoms with Crippen LogP contribution in [0.1, 0.15) is 30.7 Å². The molecule has 178 valence electrons. The number of esters is 1. The minimum atomic E-state index is -0.434. The van der Waals surface area contributed by atoms with Crippen molar-refractivity contribution in [3.63, 3.8) is 0 Å². The number of carbonyl (C=O) groups excluding carboxylic acids is 1. The zero-order valence-corrected chi connectivity index (χ0v) is 20.5. The summed E-state index contributed by atoms with van der Waals surface area (Å²) < 4.78 is 8.39. The molecule has 0 fully saturated rings. The lowest BCUT2D eigenvalue weighted by molar-refractivity contribution is -0.140. The third-order valence-corrected chi connectivity index (χ3v) is 6.83. The van der Waals surface area contributed by atoms with E-state index in [1.54, 1.807) is 15.9 Å². The van der Waals surface area contributed by atoms with Crippen molar-refractivity contribution < 1.29 is 9.53 Å². The number of ether oxygens (including phenoxy) is 1. The Morgan fingerprint density at radius 1 is 1.21 bits per heavy atom. The largest absolute Gasteiger partial charge is 0.469 e. The van der Waals surface area contributed by atoms with Gasteiger partial charge < -0.3 is 10.1 Å². The summed E-state index contributed by atoms with van der Waals surface area (Å²) in [4.78, 5) is 42.2. The number of aromatic nitrogens is 3. The smallest absolute Gasteiger partial charge is 0.332 e. The Labute approximate surface area is 205 Å². The van der Waals surface area contributed by atoms with Crippen LogP contribution in [0.25, 0.3) is 10.2 Å². The molecule has 0 atom stereocenters. The van der Waals surface area contributed by atoms with Gasteiger partial charge in [-0.2, -0.15) is 0 Å². The molecule has 0 bridgehead atoms. The quantitative estimate of drug-likeness (QED) is 0.458. The van der Waals surface area contributed by atoms with Crippen molar-refractivity contribution in [2.45, 2.75) is 45.7 Å². The average molecular weight is 501 g/mol. The fourth-order valence-electron chi connectivity index (χ4n) is 3.82. The Balaban J connectivity index is 1.70. The topological polar surface area (TPSA) is 95.2 Å². The van der Waals surface area contributed by atoms with Gasteiger partial charge in [0.25, 0.3) is 5.56 Å². The number of thiazole rings is 1. The Hall–Kier alpha value is -3.17. The Morgan fingerprint density at radius 2 is 2.03 bits per heavy atom. The lowest BCUT2D eigenvalue weighted by atomic mass is 10.1. The molecule has 4 rings (SSSR count). The average Bonchev–Trinajstić information content (AvgIpc) is 3.19. The molecular weight excluding hydrogens is 476 g/mol. The summed E-state index contributed by atoms with van der Waals surface area (Å²) in [6.07, 6.45) is 5.66. The molecule has 1 aromatic carbocycles. The van der Waals surface area contributed by atoms with Crippen LogP contribution in [0, 0.1) is 6.92 Å². The molecule has 0 unspecified atom stereocenters. The predicted molar refractivity (Wildman–Crippen MR) is 135 cm³/mol. The molecule has 0 radical (unpaired) electrons. The van der Waals surface area contributed by atoms with E-state index in [-0.39, 0.29) is 18.9 Å². The molecule has 0 saturated heterocycles. The molecule has 34 heavy (non-hydrogen) atoms. The van der Waals surface area contributed by atoms with E-state index in [0.717, 1.165) is 42.5 Å². The maximum Gasteiger partial charge on any atom is 0.332 e. The van der Waals surface area contributed by atoms with Crippen molar-refractivity contribution in [1.29, 1.82) is 0 Å². The highest BCUT2D eigenvalue weighted by molar-refractivity contribution is 7.18. The molecule has 8 nitrogen and oxygen atoms in total. The molecular formula is C24H25ClN4O4S. The van der Waals surface area contributed by atoms with Gasteiger partial charge in [-0.25, -0.2) is 9.78 Å². The molecule has 10 heteroatoms. The number of hydrogen-bond donors (Lipinski definition) is 1. The van der Waals surface area contributed by atoms with E-state index in [0.29, 0.717) is 25.2 Å². The monoisotopic (exact) mass is 500 g/mol. The van der Waals surface area contributed by atoms with Crippen molar-refractivity contribution in [2.24, 2.45) is 0 Å². The number of nitrogens with one attached hydrogen (secondary N) is 1. The minimum Gasteiger partial charge on any atom is -0.469 e. The Kier molecular flexibility index (Phi) is 7.33. The number of hydrogen-bond acceptors (Lipinski definition) is 7. The summed E-state index contributed by atoms with van der Waals surface area (Å²) >= 11 is 7.67. The van der Waals surface area contributed by atoms with E-state index in [4.69, 9.17) is 11.6 Å². The summed E-state index contributed by atoms with van der Waals surface area (Å²) in [5.74, 6) is 0.0257. The van der Waals surface area contributed by atoms with Crippen LogP contribution in [0.15, 0.2) is 56.6 Å². The predicted octanol–water partition coefficient (Wildman–Crippen LogP) is 4.47. The van der Waals surface area contributed by atoms with Crippen molar-refractivity contribution in [1.82, 2.24) is 14.1 Å². The van der Waals surface area contributed by atoms with E-state index in [9.17, 15) is 14.4 Å². The maximum absolute atomic E-state index is 13.4. The third kappa shape index (κ3) is 5.48. The first kappa shape index (κ1) is 24.0. The number of nitrogens with zero attached hydrogens (tertiary/aromatic N) is 3. The second-order valence-electron chi connectivity index (χ2n) is 8.05. The van der Waals surface area contributed by atoms with Crippen LogP contribution in [-0.4, -0.2) is 27.2 Å². The summed E-state index contributed by atoms with van der Waals surface area (Å²) in [5, 5.41) is 4.99. The van der Waals surface area contributed by atoms with Crippen LogP contribution in [0.5, 0.6) is 0 Å². The van der Waals surface area contributed by atoms with Crippen LogP contribution in [-0.2, 0) is 22.6 Å². The summed E-state index contributed by atoms with van der Waals surface area (Å²) in [6, 6.07) is 7.17. The highest BCUT2D eigenvalue weighted by atomic mass is 35.5. The number of anilines is 2. The van der Waals surface area contributed by atoms with E-state index in [1.165, 1.54) is 13.2 Å². The maximum atomic E-state index is 13.4. The van der Waals surface area contributed by atoms with Gasteiger partial charge in [0.15, 0.2) is 0 Å². The number of carbonyl (C=O) groups is 1. The van der Waals surface area contributed by atoms with E-state index in [1.807, 2.05) is 37.3 Å². The summed E-state index contributed by atoms with van der Waals surface area (Å²) in [7, 11) is 1.31. The number of benzene rings is 1. The van der Waals surface area contributed by atoms with Crippen molar-refractivity contribution in [2.75, 3.05) is 12.4 Å². The molecule has 3 aromatic rings. The molecule has 0 amide bonds. The zero-order chi connectivity index (χ0) is 24.2. The molecule has 0 aliphatic heterocycles. The number of halogens is 1. The van der Waals surface area contributed by atoms with Gasteiger partial charge in [-0.15, -0.1) is 11.3 Å². The van der Waals surface area contributed by atoms with Crippen molar-refractivity contribution in [3.8, 4) is 0 Å². The van der Waals surface area contributed by atoms with Crippen molar-refractivity contribution in [3.05, 3.63) is 72.9 Å². The van der Waals surface area contributed by atoms with Gasteiger partial charge >= 0.3 is 11.7 Å². The van der Waals surface area contributed by atoms with Gasteiger partial charge in [-0.05, 0) is 56.0 Å². The molecule has 1 aliphatic rings. The van der Waals surface area contributed by atoms with Crippen LogP contribution >= 0.6 is 22.9 Å². The van der Waals surface area contributed by atoms with E-state index in [2.05, 4.69) is 15.0 Å². The molecule has 2 heterocycles. The Morgan fingerprint density at radius 3 is 2.76 bits per heavy atom. The lowest BCUT2D eigenvalue weighted by Gasteiger charge is -2.19. The van der Waals surface area contributed by atoms with Gasteiger partial charge in [0.2, 0.25) is 0 Å². The lowest BCUT2D eigenvalue weighted by Crippen LogP contribution is -2.40. The zero-order valence-electron chi connectivity index (χ0n) is 19.0. The number of methoxy groups -OCH3 is 1. The van der Waals surface area contributed by atoms with Crippen molar-refractivity contribution >= 4 is 50.6 Å². The van der Waals surface area contributed by atoms with Crippen LogP contribution in [0.3, 0.4) is 0 Å². The first-order valence-electron chi connectivity index (χ1n) is 10.9.